The molecule has 0 fully saturated rings. The molecule has 0 atom stereocenters. The molecule has 0 bridgehead atoms. The lowest BCUT2D eigenvalue weighted by atomic mass is 10.0. The molecule has 3 aromatic rings. The number of amides is 1. The highest BCUT2D eigenvalue weighted by atomic mass is 32.2. The number of alkyl halides is 3. The summed E-state index contributed by atoms with van der Waals surface area (Å²) in [5.41, 5.74) is -0.939. The topological polar surface area (TPSA) is 93.5 Å². The molecule has 2 heterocycles. The van der Waals surface area contributed by atoms with Crippen LogP contribution in [0.1, 0.15) is 11.1 Å². The number of nitriles is 1. The van der Waals surface area contributed by atoms with Crippen LogP contribution in [0.5, 0.6) is 17.2 Å². The third-order valence-electron chi connectivity index (χ3n) is 4.79. The van der Waals surface area contributed by atoms with Crippen molar-refractivity contribution < 1.29 is 32.2 Å². The molecule has 1 amide bonds. The first-order valence-electron chi connectivity index (χ1n) is 9.77. The summed E-state index contributed by atoms with van der Waals surface area (Å²) < 4.78 is 56.8. The summed E-state index contributed by atoms with van der Waals surface area (Å²) in [6, 6.07) is 13.6. The second kappa shape index (κ2) is 9.52. The Morgan fingerprint density at radius 1 is 1.18 bits per heavy atom. The fraction of sp³-hybridized carbons (Fsp3) is 0.174. The monoisotopic (exact) mass is 487 g/mol. The Morgan fingerprint density at radius 2 is 1.91 bits per heavy atom. The van der Waals surface area contributed by atoms with Gasteiger partial charge in [-0.15, -0.1) is 0 Å². The van der Waals surface area contributed by atoms with Crippen molar-refractivity contribution in [3.63, 3.8) is 0 Å². The Kier molecular flexibility index (Phi) is 6.51. The van der Waals surface area contributed by atoms with Gasteiger partial charge in [0.15, 0.2) is 11.5 Å². The zero-order valence-corrected chi connectivity index (χ0v) is 18.4. The predicted molar refractivity (Wildman–Crippen MR) is 118 cm³/mol. The number of nitrogens with one attached hydrogen (secondary N) is 1. The predicted octanol–water partition coefficient (Wildman–Crippen LogP) is 5.11. The van der Waals surface area contributed by atoms with E-state index in [4.69, 9.17) is 14.2 Å². The van der Waals surface area contributed by atoms with Gasteiger partial charge in [0.1, 0.15) is 16.8 Å². The summed E-state index contributed by atoms with van der Waals surface area (Å²) in [5.74, 6) is 0.733. The van der Waals surface area contributed by atoms with E-state index in [1.54, 1.807) is 42.5 Å². The van der Waals surface area contributed by atoms with Gasteiger partial charge < -0.3 is 19.5 Å². The maximum absolute atomic E-state index is 13.8. The molecule has 4 rings (SSSR count). The maximum atomic E-state index is 13.8. The molecule has 11 heteroatoms. The number of hydrogen-bond donors (Lipinski definition) is 1. The Hall–Kier alpha value is -3.91. The van der Waals surface area contributed by atoms with Gasteiger partial charge in [0.2, 0.25) is 12.7 Å². The Labute approximate surface area is 196 Å². The second-order valence-corrected chi connectivity index (χ2v) is 7.94. The molecule has 2 aromatic carbocycles. The second-order valence-electron chi connectivity index (χ2n) is 6.98. The minimum Gasteiger partial charge on any atom is -0.497 e. The fourth-order valence-electron chi connectivity index (χ4n) is 3.17. The number of thioether (sulfide) groups is 1. The lowest BCUT2D eigenvalue weighted by Gasteiger charge is -2.14. The number of nitrogens with zero attached hydrogens (tertiary/aromatic N) is 2. The largest absolute Gasteiger partial charge is 0.497 e. The molecule has 1 aliphatic heterocycles. The van der Waals surface area contributed by atoms with Gasteiger partial charge in [-0.2, -0.15) is 18.4 Å². The quantitative estimate of drug-likeness (QED) is 0.483. The van der Waals surface area contributed by atoms with Gasteiger partial charge in [-0.25, -0.2) is 4.98 Å². The van der Waals surface area contributed by atoms with Crippen molar-refractivity contribution in [1.82, 2.24) is 4.98 Å². The third kappa shape index (κ3) is 5.02. The van der Waals surface area contributed by atoms with Gasteiger partial charge in [-0.1, -0.05) is 11.8 Å². The Morgan fingerprint density at radius 3 is 2.59 bits per heavy atom. The molecule has 0 saturated heterocycles. The van der Waals surface area contributed by atoms with Crippen molar-refractivity contribution in [2.45, 2.75) is 11.2 Å². The van der Waals surface area contributed by atoms with E-state index < -0.39 is 23.2 Å². The minimum atomic E-state index is -4.79. The summed E-state index contributed by atoms with van der Waals surface area (Å²) in [6.07, 6.45) is -4.79. The number of carbonyl (C=O) groups excluding carboxylic acids is 1. The lowest BCUT2D eigenvalue weighted by Crippen LogP contribution is -2.15. The molecule has 0 saturated carbocycles. The third-order valence-corrected chi connectivity index (χ3v) is 5.76. The first-order chi connectivity index (χ1) is 16.3. The molecule has 1 aromatic heterocycles. The number of hydrogen-bond acceptors (Lipinski definition) is 7. The summed E-state index contributed by atoms with van der Waals surface area (Å²) in [7, 11) is 1.51. The lowest BCUT2D eigenvalue weighted by molar-refractivity contribution is -0.138. The molecule has 0 radical (unpaired) electrons. The number of methoxy groups -OCH3 is 1. The molecular formula is C23H16F3N3O4S. The number of benzene rings is 2. The standard InChI is InChI=1S/C23H16F3N3O4S/c1-31-15-5-3-14(4-6-15)28-21(30)11-34-22-16(10-27)17(23(24,25)26)9-18(29-22)13-2-7-19-20(8-13)33-12-32-19/h2-9H,11-12H2,1H3,(H,28,30). The number of ether oxygens (including phenoxy) is 3. The number of fused-ring (bicyclic) bond motifs is 1. The van der Waals surface area contributed by atoms with Crippen molar-refractivity contribution in [1.29, 1.82) is 5.26 Å². The van der Waals surface area contributed by atoms with Crippen LogP contribution in [0.4, 0.5) is 18.9 Å². The van der Waals surface area contributed by atoms with E-state index in [1.807, 2.05) is 0 Å². The van der Waals surface area contributed by atoms with Crippen molar-refractivity contribution >= 4 is 23.4 Å². The van der Waals surface area contributed by atoms with E-state index in [0.29, 0.717) is 28.5 Å². The van der Waals surface area contributed by atoms with Crippen LogP contribution >= 0.6 is 11.8 Å². The van der Waals surface area contributed by atoms with E-state index in [1.165, 1.54) is 13.2 Å². The van der Waals surface area contributed by atoms with E-state index in [9.17, 15) is 23.2 Å². The highest BCUT2D eigenvalue weighted by Gasteiger charge is 2.36. The van der Waals surface area contributed by atoms with Gasteiger partial charge in [-0.3, -0.25) is 4.79 Å². The van der Waals surface area contributed by atoms with Crippen molar-refractivity contribution in [3.8, 4) is 34.6 Å². The van der Waals surface area contributed by atoms with Crippen molar-refractivity contribution in [2.75, 3.05) is 25.0 Å². The Bertz CT molecular complexity index is 1270. The summed E-state index contributed by atoms with van der Waals surface area (Å²) >= 11 is 0.745. The number of aromatic nitrogens is 1. The highest BCUT2D eigenvalue weighted by molar-refractivity contribution is 8.00. The van der Waals surface area contributed by atoms with Gasteiger partial charge in [0, 0.05) is 11.3 Å². The van der Waals surface area contributed by atoms with Crippen molar-refractivity contribution in [2.24, 2.45) is 0 Å². The van der Waals surface area contributed by atoms with Crippen LogP contribution in [0.25, 0.3) is 11.3 Å². The number of anilines is 1. The zero-order valence-electron chi connectivity index (χ0n) is 17.6. The molecule has 1 aliphatic rings. The van der Waals surface area contributed by atoms with E-state index in [-0.39, 0.29) is 23.3 Å². The molecular weight excluding hydrogens is 471 g/mol. The molecule has 0 spiro atoms. The van der Waals surface area contributed by atoms with Crippen molar-refractivity contribution in [3.05, 3.63) is 59.7 Å². The SMILES string of the molecule is COc1ccc(NC(=O)CSc2nc(-c3ccc4c(c3)OCO4)cc(C(F)(F)F)c2C#N)cc1. The van der Waals surface area contributed by atoms with Crippen LogP contribution in [0.3, 0.4) is 0 Å². The molecule has 34 heavy (non-hydrogen) atoms. The molecule has 0 aliphatic carbocycles. The van der Waals surface area contributed by atoms with Gasteiger partial charge in [-0.05, 0) is 48.5 Å². The van der Waals surface area contributed by atoms with Gasteiger partial charge in [0.05, 0.1) is 29.7 Å². The smallest absolute Gasteiger partial charge is 0.417 e. The average molecular weight is 487 g/mol. The van der Waals surface area contributed by atoms with E-state index in [0.717, 1.165) is 17.8 Å². The summed E-state index contributed by atoms with van der Waals surface area (Å²) in [5, 5.41) is 11.9. The van der Waals surface area contributed by atoms with E-state index >= 15 is 0 Å². The molecule has 0 unspecified atom stereocenters. The van der Waals surface area contributed by atoms with E-state index in [2.05, 4.69) is 10.3 Å². The molecule has 1 N–H and O–H groups in total. The first kappa shape index (κ1) is 23.3. The van der Waals surface area contributed by atoms with Gasteiger partial charge >= 0.3 is 6.18 Å². The highest BCUT2D eigenvalue weighted by Crippen LogP contribution is 2.40. The molecule has 174 valence electrons. The fourth-order valence-corrected chi connectivity index (χ4v) is 3.97. The first-order valence-corrected chi connectivity index (χ1v) is 10.8. The van der Waals surface area contributed by atoms with Crippen LogP contribution in [-0.2, 0) is 11.0 Å². The van der Waals surface area contributed by atoms with Gasteiger partial charge in [0.25, 0.3) is 0 Å². The Balaban J connectivity index is 1.62. The minimum absolute atomic E-state index is 0.0114. The average Bonchev–Trinajstić information content (AvgIpc) is 3.30. The summed E-state index contributed by atoms with van der Waals surface area (Å²) in [4.78, 5) is 16.6. The van der Waals surface area contributed by atoms with Crippen LogP contribution < -0.4 is 19.5 Å². The van der Waals surface area contributed by atoms with Crippen LogP contribution in [-0.4, -0.2) is 30.5 Å². The summed E-state index contributed by atoms with van der Waals surface area (Å²) in [6.45, 7) is 0.0117. The molecule has 7 nitrogen and oxygen atoms in total. The number of carbonyl (C=O) groups is 1. The van der Waals surface area contributed by atoms with Crippen LogP contribution in [0.15, 0.2) is 53.6 Å². The number of pyridine rings is 1. The number of rotatable bonds is 6. The van der Waals surface area contributed by atoms with Crippen LogP contribution in [0, 0.1) is 11.3 Å². The number of halogens is 3. The zero-order chi connectivity index (χ0) is 24.3. The normalized spacial score (nSPS) is 12.2. The van der Waals surface area contributed by atoms with Crippen LogP contribution in [0.2, 0.25) is 0 Å². The maximum Gasteiger partial charge on any atom is 0.417 e.